The number of likely N-dealkylation sites (tertiary alicyclic amines) is 1. The van der Waals surface area contributed by atoms with Crippen molar-refractivity contribution in [3.63, 3.8) is 0 Å². The molecule has 2 aliphatic heterocycles. The highest BCUT2D eigenvalue weighted by Gasteiger charge is 2.66. The lowest BCUT2D eigenvalue weighted by atomic mass is 9.51. The second-order valence-electron chi connectivity index (χ2n) is 9.93. The molecular formula is C23H29NO5. The Morgan fingerprint density at radius 2 is 2.14 bits per heavy atom. The fraction of sp³-hybridized carbons (Fsp3) is 0.652. The first-order valence-electron chi connectivity index (χ1n) is 10.6. The summed E-state index contributed by atoms with van der Waals surface area (Å²) in [4.78, 5) is 27.5. The van der Waals surface area contributed by atoms with Gasteiger partial charge in [0.1, 0.15) is 6.73 Å². The summed E-state index contributed by atoms with van der Waals surface area (Å²) in [5.74, 6) is 1.86. The van der Waals surface area contributed by atoms with Crippen LogP contribution in [0.2, 0.25) is 0 Å². The summed E-state index contributed by atoms with van der Waals surface area (Å²) in [6.45, 7) is 6.73. The van der Waals surface area contributed by atoms with Crippen molar-refractivity contribution in [1.82, 2.24) is 4.90 Å². The molecule has 4 atom stereocenters. The van der Waals surface area contributed by atoms with Gasteiger partial charge >= 0.3 is 5.97 Å². The maximum absolute atomic E-state index is 12.9. The molecule has 0 radical (unpaired) electrons. The summed E-state index contributed by atoms with van der Waals surface area (Å²) in [7, 11) is 1.65. The topological polar surface area (TPSA) is 65.1 Å². The average molecular weight is 399 g/mol. The molecular weight excluding hydrogens is 370 g/mol. The van der Waals surface area contributed by atoms with Crippen LogP contribution >= 0.6 is 0 Å². The zero-order valence-electron chi connectivity index (χ0n) is 17.6. The van der Waals surface area contributed by atoms with E-state index in [2.05, 4.69) is 11.0 Å². The molecule has 1 aromatic rings. The van der Waals surface area contributed by atoms with E-state index in [1.807, 2.05) is 26.8 Å². The largest absolute Gasteiger partial charge is 0.493 e. The highest BCUT2D eigenvalue weighted by molar-refractivity contribution is 5.89. The van der Waals surface area contributed by atoms with E-state index < -0.39 is 11.5 Å². The van der Waals surface area contributed by atoms with E-state index in [-0.39, 0.29) is 23.2 Å². The van der Waals surface area contributed by atoms with Gasteiger partial charge in [0.2, 0.25) is 0 Å². The molecule has 1 spiro atoms. The quantitative estimate of drug-likeness (QED) is 0.729. The maximum atomic E-state index is 12.9. The van der Waals surface area contributed by atoms with Crippen molar-refractivity contribution < 1.29 is 23.8 Å². The highest BCUT2D eigenvalue weighted by atomic mass is 16.5. The predicted octanol–water partition coefficient (Wildman–Crippen LogP) is 2.85. The van der Waals surface area contributed by atoms with Gasteiger partial charge in [-0.05, 0) is 57.6 Å². The lowest BCUT2D eigenvalue weighted by molar-refractivity contribution is -0.164. The fourth-order valence-electron chi connectivity index (χ4n) is 6.08. The number of methoxy groups -OCH3 is 1. The van der Waals surface area contributed by atoms with Crippen molar-refractivity contribution in [3.8, 4) is 11.5 Å². The molecule has 2 aliphatic carbocycles. The Bertz CT molecular complexity index is 888. The fourth-order valence-corrected chi connectivity index (χ4v) is 6.08. The zero-order chi connectivity index (χ0) is 20.6. The first kappa shape index (κ1) is 18.9. The van der Waals surface area contributed by atoms with Gasteiger partial charge in [-0.2, -0.15) is 0 Å². The lowest BCUT2D eigenvalue weighted by Crippen LogP contribution is -2.66. The summed E-state index contributed by atoms with van der Waals surface area (Å²) >= 11 is 0. The van der Waals surface area contributed by atoms with E-state index in [0.29, 0.717) is 19.1 Å². The Balaban J connectivity index is 1.52. The van der Waals surface area contributed by atoms with Gasteiger partial charge < -0.3 is 14.2 Å². The zero-order valence-corrected chi connectivity index (χ0v) is 17.6. The van der Waals surface area contributed by atoms with Crippen molar-refractivity contribution >= 4 is 11.8 Å². The number of hydrogen-bond donors (Lipinski definition) is 0. The molecule has 5 rings (SSSR count). The number of nitrogens with zero attached hydrogens (tertiary/aromatic N) is 1. The van der Waals surface area contributed by atoms with Crippen LogP contribution in [0, 0.1) is 11.3 Å². The van der Waals surface area contributed by atoms with Crippen LogP contribution in [0.1, 0.15) is 51.2 Å². The summed E-state index contributed by atoms with van der Waals surface area (Å²) < 4.78 is 17.5. The van der Waals surface area contributed by atoms with Crippen molar-refractivity contribution in [3.05, 3.63) is 23.3 Å². The van der Waals surface area contributed by atoms with Crippen LogP contribution in [-0.2, 0) is 26.2 Å². The van der Waals surface area contributed by atoms with Crippen LogP contribution in [0.4, 0.5) is 0 Å². The van der Waals surface area contributed by atoms with E-state index in [1.54, 1.807) is 7.11 Å². The predicted molar refractivity (Wildman–Crippen MR) is 106 cm³/mol. The molecule has 156 valence electrons. The van der Waals surface area contributed by atoms with Crippen LogP contribution in [0.3, 0.4) is 0 Å². The Morgan fingerprint density at radius 1 is 1.34 bits per heavy atom. The van der Waals surface area contributed by atoms with E-state index >= 15 is 0 Å². The minimum Gasteiger partial charge on any atom is -0.493 e. The third-order valence-electron chi connectivity index (χ3n) is 7.40. The Hall–Kier alpha value is -2.08. The number of Topliss-reactive ketones (excluding diaryl/α,β-unsaturated/α-hetero) is 1. The second-order valence-corrected chi connectivity index (χ2v) is 9.93. The number of esters is 1. The monoisotopic (exact) mass is 399 g/mol. The second kappa shape index (κ2) is 6.21. The molecule has 4 aliphatic rings. The standard InChI is InChI=1S/C23H29NO5/c1-22(2,3)21(26)28-12-24-10-9-23-14-6-7-16(25)20(23)29-19-17(27-4)8-5-13(18(19)23)11-15(14)24/h5,8,14-15,20H,6-7,9-12H2,1-4H3/t14-,15?,20-,23-/m0/s1. The van der Waals surface area contributed by atoms with Gasteiger partial charge in [-0.15, -0.1) is 0 Å². The normalized spacial score (nSPS) is 32.4. The first-order valence-corrected chi connectivity index (χ1v) is 10.6. The number of carbonyl (C=O) groups is 2. The first-order chi connectivity index (χ1) is 13.8. The van der Waals surface area contributed by atoms with Crippen LogP contribution in [0.15, 0.2) is 12.1 Å². The Labute approximate surface area is 171 Å². The number of benzene rings is 1. The van der Waals surface area contributed by atoms with E-state index in [4.69, 9.17) is 14.2 Å². The average Bonchev–Trinajstić information content (AvgIpc) is 3.02. The summed E-state index contributed by atoms with van der Waals surface area (Å²) in [6.07, 6.45) is 2.73. The molecule has 0 aromatic heterocycles. The minimum absolute atomic E-state index is 0.179. The molecule has 2 fully saturated rings. The molecule has 0 amide bonds. The number of ketones is 1. The van der Waals surface area contributed by atoms with Crippen LogP contribution in [0.5, 0.6) is 11.5 Å². The van der Waals surface area contributed by atoms with Crippen molar-refractivity contribution in [2.45, 2.75) is 64.0 Å². The third kappa shape index (κ3) is 2.51. The molecule has 1 unspecified atom stereocenters. The smallest absolute Gasteiger partial charge is 0.312 e. The third-order valence-corrected chi connectivity index (χ3v) is 7.40. The molecule has 29 heavy (non-hydrogen) atoms. The van der Waals surface area contributed by atoms with Crippen molar-refractivity contribution in [2.24, 2.45) is 11.3 Å². The lowest BCUT2D eigenvalue weighted by Gasteiger charge is -2.57. The number of ether oxygens (including phenoxy) is 3. The van der Waals surface area contributed by atoms with Gasteiger partial charge in [0, 0.05) is 30.0 Å². The van der Waals surface area contributed by atoms with Gasteiger partial charge in [0.15, 0.2) is 23.4 Å². The molecule has 2 heterocycles. The van der Waals surface area contributed by atoms with E-state index in [1.165, 1.54) is 11.1 Å². The van der Waals surface area contributed by atoms with Crippen molar-refractivity contribution in [2.75, 3.05) is 20.4 Å². The SMILES string of the molecule is COc1ccc2c3c1O[C@H]1C(=O)CC[C@H]4C(C2)N(COC(=O)C(C)(C)C)CC[C@]314. The molecule has 6 nitrogen and oxygen atoms in total. The molecule has 2 bridgehead atoms. The van der Waals surface area contributed by atoms with Gasteiger partial charge in [-0.1, -0.05) is 6.07 Å². The summed E-state index contributed by atoms with van der Waals surface area (Å²) in [5.41, 5.74) is 1.68. The molecule has 1 aromatic carbocycles. The van der Waals surface area contributed by atoms with E-state index in [0.717, 1.165) is 37.3 Å². The van der Waals surface area contributed by atoms with Crippen molar-refractivity contribution in [1.29, 1.82) is 0 Å². The van der Waals surface area contributed by atoms with Gasteiger partial charge in [0.05, 0.1) is 12.5 Å². The number of carbonyl (C=O) groups excluding carboxylic acids is 2. The molecule has 6 heteroatoms. The van der Waals surface area contributed by atoms with Gasteiger partial charge in [0.25, 0.3) is 0 Å². The molecule has 1 saturated carbocycles. The van der Waals surface area contributed by atoms with E-state index in [9.17, 15) is 9.59 Å². The summed E-state index contributed by atoms with van der Waals surface area (Å²) in [5, 5.41) is 0. The van der Waals surface area contributed by atoms with Gasteiger partial charge in [-0.25, -0.2) is 0 Å². The highest BCUT2D eigenvalue weighted by Crippen LogP contribution is 2.63. The number of rotatable bonds is 3. The minimum atomic E-state index is -0.511. The maximum Gasteiger partial charge on any atom is 0.312 e. The van der Waals surface area contributed by atoms with Crippen LogP contribution < -0.4 is 9.47 Å². The Kier molecular flexibility index (Phi) is 4.05. The Morgan fingerprint density at radius 3 is 2.86 bits per heavy atom. The molecule has 1 saturated heterocycles. The summed E-state index contributed by atoms with van der Waals surface area (Å²) in [6, 6.07) is 4.33. The number of hydrogen-bond acceptors (Lipinski definition) is 6. The van der Waals surface area contributed by atoms with Gasteiger partial charge in [-0.3, -0.25) is 14.5 Å². The number of piperidine rings is 1. The molecule has 0 N–H and O–H groups in total. The van der Waals surface area contributed by atoms with Crippen LogP contribution in [0.25, 0.3) is 0 Å². The van der Waals surface area contributed by atoms with Crippen LogP contribution in [-0.4, -0.2) is 49.2 Å².